The van der Waals surface area contributed by atoms with E-state index in [-0.39, 0.29) is 5.91 Å². The second-order valence-corrected chi connectivity index (χ2v) is 4.18. The molecule has 1 heterocycles. The van der Waals surface area contributed by atoms with E-state index in [4.69, 9.17) is 11.6 Å². The van der Waals surface area contributed by atoms with Crippen LogP contribution in [0.15, 0.2) is 36.7 Å². The van der Waals surface area contributed by atoms with Gasteiger partial charge in [-0.15, -0.1) is 0 Å². The van der Waals surface area contributed by atoms with E-state index in [0.29, 0.717) is 11.0 Å². The minimum absolute atomic E-state index is 0.248. The number of carbonyl (C=O) groups is 1. The molecule has 0 fully saturated rings. The molecule has 0 saturated heterocycles. The number of rotatable bonds is 3. The van der Waals surface area contributed by atoms with Crippen LogP contribution in [0.2, 0.25) is 5.02 Å². The van der Waals surface area contributed by atoms with Gasteiger partial charge >= 0.3 is 0 Å². The summed E-state index contributed by atoms with van der Waals surface area (Å²) in [4.78, 5) is 18.2. The second-order valence-electron chi connectivity index (χ2n) is 3.77. The Kier molecular flexibility index (Phi) is 3.79. The number of hydrogen-bond acceptors (Lipinski definition) is 2. The molecule has 92 valence electrons. The highest BCUT2D eigenvalue weighted by molar-refractivity contribution is 6.31. The van der Waals surface area contributed by atoms with Crippen LogP contribution in [0.4, 0.5) is 5.95 Å². The number of aryl methyl sites for hydroxylation is 1. The fourth-order valence-electron chi connectivity index (χ4n) is 1.38. The van der Waals surface area contributed by atoms with Gasteiger partial charge in [0.05, 0.1) is 0 Å². The number of benzene rings is 1. The molecule has 0 aliphatic rings. The van der Waals surface area contributed by atoms with Crippen molar-refractivity contribution in [1.29, 1.82) is 0 Å². The van der Waals surface area contributed by atoms with Gasteiger partial charge in [0.25, 0.3) is 5.91 Å². The lowest BCUT2D eigenvalue weighted by Gasteiger charge is -1.99. The first-order chi connectivity index (χ1) is 8.65. The topological polar surface area (TPSA) is 57.8 Å². The Bertz CT molecular complexity index is 576. The summed E-state index contributed by atoms with van der Waals surface area (Å²) in [5.41, 5.74) is 1.88. The van der Waals surface area contributed by atoms with E-state index in [9.17, 15) is 4.79 Å². The minimum atomic E-state index is -0.248. The van der Waals surface area contributed by atoms with Crippen LogP contribution in [0, 0.1) is 6.92 Å². The van der Waals surface area contributed by atoms with E-state index in [2.05, 4.69) is 15.3 Å². The summed E-state index contributed by atoms with van der Waals surface area (Å²) in [6.45, 7) is 1.93. The van der Waals surface area contributed by atoms with Crippen LogP contribution in [-0.2, 0) is 4.79 Å². The van der Waals surface area contributed by atoms with Gasteiger partial charge in [-0.2, -0.15) is 0 Å². The molecule has 1 aromatic carbocycles. The largest absolute Gasteiger partial charge is 0.331 e. The third-order valence-corrected chi connectivity index (χ3v) is 2.77. The van der Waals surface area contributed by atoms with Crippen LogP contribution < -0.4 is 5.32 Å². The van der Waals surface area contributed by atoms with Crippen molar-refractivity contribution in [2.75, 3.05) is 5.32 Å². The summed E-state index contributed by atoms with van der Waals surface area (Å²) in [6, 6.07) is 5.62. The van der Waals surface area contributed by atoms with Crippen molar-refractivity contribution in [1.82, 2.24) is 9.97 Å². The van der Waals surface area contributed by atoms with Crippen LogP contribution in [0.25, 0.3) is 6.08 Å². The third kappa shape index (κ3) is 3.21. The lowest BCUT2D eigenvalue weighted by molar-refractivity contribution is -0.111. The normalized spacial score (nSPS) is 10.8. The highest BCUT2D eigenvalue weighted by atomic mass is 35.5. The van der Waals surface area contributed by atoms with Gasteiger partial charge in [0.2, 0.25) is 5.95 Å². The van der Waals surface area contributed by atoms with E-state index in [1.807, 2.05) is 25.1 Å². The number of aromatic nitrogens is 2. The zero-order chi connectivity index (χ0) is 13.0. The minimum Gasteiger partial charge on any atom is -0.331 e. The molecule has 1 amide bonds. The Morgan fingerprint density at radius 1 is 1.50 bits per heavy atom. The molecular weight excluding hydrogens is 250 g/mol. The number of halogens is 1. The number of nitrogens with one attached hydrogen (secondary N) is 2. The fourth-order valence-corrected chi connectivity index (χ4v) is 1.57. The smallest absolute Gasteiger partial charge is 0.250 e. The Labute approximate surface area is 110 Å². The summed E-state index contributed by atoms with van der Waals surface area (Å²) in [5.74, 6) is 0.174. The van der Waals surface area contributed by atoms with Crippen molar-refractivity contribution in [3.63, 3.8) is 0 Å². The first kappa shape index (κ1) is 12.4. The molecule has 0 unspecified atom stereocenters. The molecule has 2 N–H and O–H groups in total. The van der Waals surface area contributed by atoms with Crippen LogP contribution in [0.1, 0.15) is 11.1 Å². The SMILES string of the molecule is Cc1ccc(C=CC(=O)Nc2ncc[nH]2)cc1Cl. The van der Waals surface area contributed by atoms with E-state index >= 15 is 0 Å². The molecule has 18 heavy (non-hydrogen) atoms. The molecule has 0 aliphatic carbocycles. The summed E-state index contributed by atoms with van der Waals surface area (Å²) in [6.07, 6.45) is 6.34. The maximum Gasteiger partial charge on any atom is 0.250 e. The maximum atomic E-state index is 11.5. The molecular formula is C13H12ClN3O. The van der Waals surface area contributed by atoms with Crippen molar-refractivity contribution in [3.05, 3.63) is 52.8 Å². The van der Waals surface area contributed by atoms with Crippen molar-refractivity contribution in [2.24, 2.45) is 0 Å². The highest BCUT2D eigenvalue weighted by Crippen LogP contribution is 2.17. The summed E-state index contributed by atoms with van der Waals surface area (Å²) in [7, 11) is 0. The van der Waals surface area contributed by atoms with Gasteiger partial charge in [-0.05, 0) is 30.2 Å². The first-order valence-corrected chi connectivity index (χ1v) is 5.77. The number of nitrogens with zero attached hydrogens (tertiary/aromatic N) is 1. The lowest BCUT2D eigenvalue weighted by atomic mass is 10.1. The zero-order valence-electron chi connectivity index (χ0n) is 9.77. The van der Waals surface area contributed by atoms with E-state index < -0.39 is 0 Å². The molecule has 0 atom stereocenters. The maximum absolute atomic E-state index is 11.5. The van der Waals surface area contributed by atoms with Gasteiger partial charge < -0.3 is 4.98 Å². The van der Waals surface area contributed by atoms with Gasteiger partial charge in [-0.1, -0.05) is 23.7 Å². The molecule has 1 aromatic heterocycles. The van der Waals surface area contributed by atoms with Crippen LogP contribution in [0.5, 0.6) is 0 Å². The summed E-state index contributed by atoms with van der Waals surface area (Å²) >= 11 is 5.99. The third-order valence-electron chi connectivity index (χ3n) is 2.36. The molecule has 5 heteroatoms. The predicted molar refractivity (Wildman–Crippen MR) is 72.4 cm³/mol. The van der Waals surface area contributed by atoms with Gasteiger partial charge in [-0.3, -0.25) is 10.1 Å². The molecule has 2 aromatic rings. The van der Waals surface area contributed by atoms with Gasteiger partial charge in [-0.25, -0.2) is 4.98 Å². The Morgan fingerprint density at radius 3 is 3.00 bits per heavy atom. The van der Waals surface area contributed by atoms with Crippen LogP contribution in [-0.4, -0.2) is 15.9 Å². The second kappa shape index (κ2) is 5.51. The number of anilines is 1. The summed E-state index contributed by atoms with van der Waals surface area (Å²) in [5, 5.41) is 3.28. The highest BCUT2D eigenvalue weighted by Gasteiger charge is 1.99. The number of hydrogen-bond donors (Lipinski definition) is 2. The quantitative estimate of drug-likeness (QED) is 0.835. The number of amides is 1. The summed E-state index contributed by atoms with van der Waals surface area (Å²) < 4.78 is 0. The van der Waals surface area contributed by atoms with Crippen molar-refractivity contribution < 1.29 is 4.79 Å². The average molecular weight is 262 g/mol. The number of carbonyl (C=O) groups excluding carboxylic acids is 1. The average Bonchev–Trinajstić information content (AvgIpc) is 2.83. The molecule has 4 nitrogen and oxygen atoms in total. The zero-order valence-corrected chi connectivity index (χ0v) is 10.5. The van der Waals surface area contributed by atoms with Crippen molar-refractivity contribution in [3.8, 4) is 0 Å². The lowest BCUT2D eigenvalue weighted by Crippen LogP contribution is -2.08. The molecule has 2 rings (SSSR count). The standard InChI is InChI=1S/C13H12ClN3O/c1-9-2-3-10(8-11(9)14)4-5-12(18)17-13-15-6-7-16-13/h2-8H,1H3,(H2,15,16,17,18). The first-order valence-electron chi connectivity index (χ1n) is 5.40. The fraction of sp³-hybridized carbons (Fsp3) is 0.0769. The molecule has 0 spiro atoms. The number of H-pyrrole nitrogens is 1. The van der Waals surface area contributed by atoms with Gasteiger partial charge in [0, 0.05) is 23.5 Å². The predicted octanol–water partition coefficient (Wildman–Crippen LogP) is 3.02. The molecule has 0 radical (unpaired) electrons. The number of aromatic amines is 1. The Hall–Kier alpha value is -2.07. The van der Waals surface area contributed by atoms with Gasteiger partial charge in [0.1, 0.15) is 0 Å². The molecule has 0 bridgehead atoms. The van der Waals surface area contributed by atoms with Crippen LogP contribution >= 0.6 is 11.6 Å². The van der Waals surface area contributed by atoms with Crippen molar-refractivity contribution in [2.45, 2.75) is 6.92 Å². The van der Waals surface area contributed by atoms with E-state index in [1.54, 1.807) is 18.5 Å². The van der Waals surface area contributed by atoms with Crippen molar-refractivity contribution >= 4 is 29.5 Å². The number of imidazole rings is 1. The van der Waals surface area contributed by atoms with Gasteiger partial charge in [0.15, 0.2) is 0 Å². The van der Waals surface area contributed by atoms with E-state index in [0.717, 1.165) is 11.1 Å². The van der Waals surface area contributed by atoms with E-state index in [1.165, 1.54) is 6.08 Å². The monoisotopic (exact) mass is 261 g/mol. The molecule has 0 saturated carbocycles. The Balaban J connectivity index is 2.01. The molecule has 0 aliphatic heterocycles. The Morgan fingerprint density at radius 2 is 2.33 bits per heavy atom. The van der Waals surface area contributed by atoms with Crippen LogP contribution in [0.3, 0.4) is 0 Å².